The van der Waals surface area contributed by atoms with E-state index in [0.29, 0.717) is 12.1 Å². The topological polar surface area (TPSA) is 54.9 Å². The van der Waals surface area contributed by atoms with Crippen LogP contribution < -0.4 is 10.6 Å². The summed E-state index contributed by atoms with van der Waals surface area (Å²) in [7, 11) is 0. The van der Waals surface area contributed by atoms with Crippen molar-refractivity contribution in [3.63, 3.8) is 0 Å². The van der Waals surface area contributed by atoms with Gasteiger partial charge in [0.1, 0.15) is 0 Å². The van der Waals surface area contributed by atoms with Crippen molar-refractivity contribution in [1.82, 2.24) is 10.6 Å². The molecule has 1 aromatic rings. The number of thiophene rings is 1. The standard InChI is InChI=1S/C17H27N3O2S/c1-3-16(22-9-1)12-21-8-2-7-18-17(20-15-4-5-15)19-11-14-6-10-23-13-14/h6,10,13,15-16H,1-5,7-9,11-12H2,(H2,18,19,20). The van der Waals surface area contributed by atoms with Crippen LogP contribution >= 0.6 is 11.3 Å². The number of ether oxygens (including phenoxy) is 2. The van der Waals surface area contributed by atoms with E-state index in [4.69, 9.17) is 9.47 Å². The number of rotatable bonds is 9. The summed E-state index contributed by atoms with van der Waals surface area (Å²) in [4.78, 5) is 4.67. The minimum atomic E-state index is 0.322. The van der Waals surface area contributed by atoms with Crippen LogP contribution in [0.25, 0.3) is 0 Å². The van der Waals surface area contributed by atoms with Gasteiger partial charge in [0, 0.05) is 25.8 Å². The fourth-order valence-electron chi connectivity index (χ4n) is 2.50. The van der Waals surface area contributed by atoms with Gasteiger partial charge in [-0.15, -0.1) is 0 Å². The van der Waals surface area contributed by atoms with Gasteiger partial charge in [-0.3, -0.25) is 0 Å². The molecule has 1 aromatic heterocycles. The Labute approximate surface area is 142 Å². The highest BCUT2D eigenvalue weighted by Crippen LogP contribution is 2.18. The lowest BCUT2D eigenvalue weighted by Crippen LogP contribution is -2.39. The van der Waals surface area contributed by atoms with E-state index < -0.39 is 0 Å². The summed E-state index contributed by atoms with van der Waals surface area (Å²) >= 11 is 1.72. The van der Waals surface area contributed by atoms with Gasteiger partial charge in [0.15, 0.2) is 5.96 Å². The number of hydrogen-bond donors (Lipinski definition) is 2. The average molecular weight is 337 g/mol. The Balaban J connectivity index is 1.30. The summed E-state index contributed by atoms with van der Waals surface area (Å²) in [6.45, 7) is 4.02. The highest BCUT2D eigenvalue weighted by atomic mass is 32.1. The molecule has 0 radical (unpaired) electrons. The number of nitrogens with zero attached hydrogens (tertiary/aromatic N) is 1. The van der Waals surface area contributed by atoms with Crippen LogP contribution in [0.3, 0.4) is 0 Å². The van der Waals surface area contributed by atoms with Crippen LogP contribution in [-0.2, 0) is 16.0 Å². The maximum atomic E-state index is 5.69. The SMILES string of the molecule is c1cc(CN=C(NCCCOCC2CCCO2)NC2CC2)cs1. The molecule has 23 heavy (non-hydrogen) atoms. The van der Waals surface area contributed by atoms with Gasteiger partial charge in [-0.25, -0.2) is 4.99 Å². The molecule has 1 unspecified atom stereocenters. The van der Waals surface area contributed by atoms with Gasteiger partial charge in [-0.1, -0.05) is 0 Å². The van der Waals surface area contributed by atoms with E-state index in [1.54, 1.807) is 11.3 Å². The Morgan fingerprint density at radius 3 is 3.09 bits per heavy atom. The molecule has 0 amide bonds. The Morgan fingerprint density at radius 2 is 2.35 bits per heavy atom. The van der Waals surface area contributed by atoms with Crippen LogP contribution in [0.15, 0.2) is 21.8 Å². The van der Waals surface area contributed by atoms with Crippen LogP contribution in [0.2, 0.25) is 0 Å². The first kappa shape index (κ1) is 16.7. The van der Waals surface area contributed by atoms with Gasteiger partial charge in [-0.05, 0) is 54.5 Å². The van der Waals surface area contributed by atoms with Crippen LogP contribution in [0.1, 0.15) is 37.7 Å². The van der Waals surface area contributed by atoms with Crippen molar-refractivity contribution < 1.29 is 9.47 Å². The maximum absolute atomic E-state index is 5.69. The lowest BCUT2D eigenvalue weighted by Gasteiger charge is -2.13. The molecule has 0 bridgehead atoms. The van der Waals surface area contributed by atoms with E-state index in [1.165, 1.54) is 24.8 Å². The van der Waals surface area contributed by atoms with Crippen LogP contribution in [0.4, 0.5) is 0 Å². The minimum Gasteiger partial charge on any atom is -0.379 e. The first-order valence-corrected chi connectivity index (χ1v) is 9.60. The van der Waals surface area contributed by atoms with Gasteiger partial charge >= 0.3 is 0 Å². The fourth-order valence-corrected chi connectivity index (χ4v) is 3.16. The first-order chi connectivity index (χ1) is 11.4. The second-order valence-electron chi connectivity index (χ2n) is 6.21. The third-order valence-corrected chi connectivity index (χ3v) is 4.74. The van der Waals surface area contributed by atoms with Crippen molar-refractivity contribution in [3.8, 4) is 0 Å². The summed E-state index contributed by atoms with van der Waals surface area (Å²) in [5, 5.41) is 11.1. The van der Waals surface area contributed by atoms with E-state index >= 15 is 0 Å². The second kappa shape index (κ2) is 9.25. The van der Waals surface area contributed by atoms with Crippen LogP contribution in [-0.4, -0.2) is 44.5 Å². The van der Waals surface area contributed by atoms with Gasteiger partial charge < -0.3 is 20.1 Å². The van der Waals surface area contributed by atoms with Gasteiger partial charge in [-0.2, -0.15) is 11.3 Å². The first-order valence-electron chi connectivity index (χ1n) is 8.65. The number of hydrogen-bond acceptors (Lipinski definition) is 4. The molecule has 1 aliphatic heterocycles. The lowest BCUT2D eigenvalue weighted by atomic mass is 10.2. The molecule has 1 saturated carbocycles. The average Bonchev–Trinajstić information content (AvgIpc) is 3.04. The third kappa shape index (κ3) is 6.49. The maximum Gasteiger partial charge on any atom is 0.191 e. The third-order valence-electron chi connectivity index (χ3n) is 4.00. The highest BCUT2D eigenvalue weighted by molar-refractivity contribution is 7.07. The van der Waals surface area contributed by atoms with Crippen molar-refractivity contribution in [3.05, 3.63) is 22.4 Å². The monoisotopic (exact) mass is 337 g/mol. The fraction of sp³-hybridized carbons (Fsp3) is 0.706. The molecule has 6 heteroatoms. The van der Waals surface area contributed by atoms with Crippen molar-refractivity contribution >= 4 is 17.3 Å². The summed E-state index contributed by atoms with van der Waals surface area (Å²) in [6, 6.07) is 2.74. The zero-order valence-corrected chi connectivity index (χ0v) is 14.4. The molecular formula is C17H27N3O2S. The predicted octanol–water partition coefficient (Wildman–Crippen LogP) is 2.53. The zero-order valence-electron chi connectivity index (χ0n) is 13.6. The quantitative estimate of drug-likeness (QED) is 0.413. The highest BCUT2D eigenvalue weighted by Gasteiger charge is 2.22. The summed E-state index contributed by atoms with van der Waals surface area (Å²) in [5.74, 6) is 0.929. The molecule has 0 aromatic carbocycles. The zero-order chi connectivity index (χ0) is 15.7. The van der Waals surface area contributed by atoms with Crippen molar-refractivity contribution in [1.29, 1.82) is 0 Å². The molecule has 5 nitrogen and oxygen atoms in total. The van der Waals surface area contributed by atoms with Gasteiger partial charge in [0.2, 0.25) is 0 Å². The second-order valence-corrected chi connectivity index (χ2v) is 6.99. The molecule has 2 heterocycles. The van der Waals surface area contributed by atoms with Crippen LogP contribution in [0, 0.1) is 0 Å². The normalized spacial score (nSPS) is 21.6. The van der Waals surface area contributed by atoms with Crippen molar-refractivity contribution in [2.45, 2.75) is 50.8 Å². The molecule has 2 aliphatic rings. The molecule has 128 valence electrons. The Kier molecular flexibility index (Phi) is 6.73. The number of nitrogens with one attached hydrogen (secondary N) is 2. The van der Waals surface area contributed by atoms with E-state index in [2.05, 4.69) is 32.5 Å². The molecule has 0 spiro atoms. The molecule has 1 saturated heterocycles. The Hall–Kier alpha value is -1.11. The van der Waals surface area contributed by atoms with Gasteiger partial charge in [0.05, 0.1) is 19.3 Å². The summed E-state index contributed by atoms with van der Waals surface area (Å²) in [5.41, 5.74) is 1.27. The van der Waals surface area contributed by atoms with Gasteiger partial charge in [0.25, 0.3) is 0 Å². The van der Waals surface area contributed by atoms with Crippen molar-refractivity contribution in [2.75, 3.05) is 26.4 Å². The summed E-state index contributed by atoms with van der Waals surface area (Å²) in [6.07, 6.45) is 6.13. The molecule has 1 aliphatic carbocycles. The lowest BCUT2D eigenvalue weighted by molar-refractivity contribution is 0.0168. The largest absolute Gasteiger partial charge is 0.379 e. The van der Waals surface area contributed by atoms with E-state index in [9.17, 15) is 0 Å². The Morgan fingerprint density at radius 1 is 1.39 bits per heavy atom. The van der Waals surface area contributed by atoms with E-state index in [1.807, 2.05) is 0 Å². The molecule has 2 N–H and O–H groups in total. The Bertz CT molecular complexity index is 468. The number of aliphatic imine (C=N–C) groups is 1. The van der Waals surface area contributed by atoms with E-state index in [-0.39, 0.29) is 0 Å². The minimum absolute atomic E-state index is 0.322. The summed E-state index contributed by atoms with van der Waals surface area (Å²) < 4.78 is 11.2. The van der Waals surface area contributed by atoms with Crippen LogP contribution in [0.5, 0.6) is 0 Å². The number of guanidine groups is 1. The predicted molar refractivity (Wildman–Crippen MR) is 94.0 cm³/mol. The molecule has 3 rings (SSSR count). The molecule has 2 fully saturated rings. The van der Waals surface area contributed by atoms with Crippen molar-refractivity contribution in [2.24, 2.45) is 4.99 Å². The van der Waals surface area contributed by atoms with E-state index in [0.717, 1.165) is 51.7 Å². The molecule has 1 atom stereocenters. The smallest absolute Gasteiger partial charge is 0.191 e. The molecular weight excluding hydrogens is 310 g/mol.